The summed E-state index contributed by atoms with van der Waals surface area (Å²) in [5, 5.41) is 2.55. The number of aromatic nitrogens is 2. The Morgan fingerprint density at radius 1 is 1.37 bits per heavy atom. The Balaban J connectivity index is 1.82. The first-order valence-electron chi connectivity index (χ1n) is 5.86. The molecular formula is C13H13F2N3O. The number of carbonyl (C=O) groups is 1. The maximum atomic E-state index is 13.3. The van der Waals surface area contributed by atoms with E-state index in [-0.39, 0.29) is 5.56 Å². The van der Waals surface area contributed by atoms with Crippen molar-refractivity contribution in [2.45, 2.75) is 13.0 Å². The fourth-order valence-electron chi connectivity index (χ4n) is 1.65. The Hall–Kier alpha value is -2.24. The number of nitrogens with one attached hydrogen (secondary N) is 1. The average Bonchev–Trinajstić information content (AvgIpc) is 2.90. The summed E-state index contributed by atoms with van der Waals surface area (Å²) in [6.07, 6.45) is 5.84. The third kappa shape index (κ3) is 3.61. The van der Waals surface area contributed by atoms with Crippen LogP contribution in [0.3, 0.4) is 0 Å². The molecule has 0 aliphatic heterocycles. The van der Waals surface area contributed by atoms with Crippen molar-refractivity contribution in [3.63, 3.8) is 0 Å². The van der Waals surface area contributed by atoms with Gasteiger partial charge in [0.15, 0.2) is 0 Å². The van der Waals surface area contributed by atoms with Crippen LogP contribution in [0.15, 0.2) is 36.9 Å². The molecule has 0 aliphatic carbocycles. The second-order valence-electron chi connectivity index (χ2n) is 4.03. The summed E-state index contributed by atoms with van der Waals surface area (Å²) in [5.74, 6) is -1.97. The molecule has 1 aromatic carbocycles. The van der Waals surface area contributed by atoms with E-state index in [1.807, 2.05) is 10.8 Å². The highest BCUT2D eigenvalue weighted by Crippen LogP contribution is 2.09. The van der Waals surface area contributed by atoms with Crippen LogP contribution in [0.1, 0.15) is 16.8 Å². The topological polar surface area (TPSA) is 46.9 Å². The van der Waals surface area contributed by atoms with E-state index in [0.29, 0.717) is 19.5 Å². The minimum atomic E-state index is -0.728. The van der Waals surface area contributed by atoms with E-state index >= 15 is 0 Å². The molecule has 1 aromatic heterocycles. The van der Waals surface area contributed by atoms with Gasteiger partial charge in [-0.3, -0.25) is 4.79 Å². The maximum Gasteiger partial charge on any atom is 0.254 e. The van der Waals surface area contributed by atoms with Crippen LogP contribution < -0.4 is 5.32 Å². The molecule has 1 heterocycles. The zero-order valence-corrected chi connectivity index (χ0v) is 10.1. The van der Waals surface area contributed by atoms with Crippen LogP contribution in [0.2, 0.25) is 0 Å². The van der Waals surface area contributed by atoms with Gasteiger partial charge in [0, 0.05) is 25.5 Å². The fraction of sp³-hybridized carbons (Fsp3) is 0.231. The molecular weight excluding hydrogens is 252 g/mol. The molecule has 0 saturated carbocycles. The van der Waals surface area contributed by atoms with Crippen LogP contribution >= 0.6 is 0 Å². The highest BCUT2D eigenvalue weighted by Gasteiger charge is 2.11. The van der Waals surface area contributed by atoms with Crippen molar-refractivity contribution in [3.05, 3.63) is 54.1 Å². The predicted molar refractivity (Wildman–Crippen MR) is 65.5 cm³/mol. The zero-order valence-electron chi connectivity index (χ0n) is 10.1. The van der Waals surface area contributed by atoms with Gasteiger partial charge in [-0.2, -0.15) is 0 Å². The molecule has 6 heteroatoms. The number of benzene rings is 1. The summed E-state index contributed by atoms with van der Waals surface area (Å²) in [5.41, 5.74) is -0.275. The van der Waals surface area contributed by atoms with Crippen LogP contribution in [0.5, 0.6) is 0 Å². The molecule has 2 rings (SSSR count). The van der Waals surface area contributed by atoms with Gasteiger partial charge in [-0.05, 0) is 24.6 Å². The summed E-state index contributed by atoms with van der Waals surface area (Å²) in [7, 11) is 0. The molecule has 0 aliphatic rings. The van der Waals surface area contributed by atoms with Gasteiger partial charge in [0.1, 0.15) is 11.6 Å². The van der Waals surface area contributed by atoms with Crippen LogP contribution in [0.25, 0.3) is 0 Å². The molecule has 0 saturated heterocycles. The van der Waals surface area contributed by atoms with Crippen LogP contribution in [-0.4, -0.2) is 22.0 Å². The van der Waals surface area contributed by atoms with E-state index in [4.69, 9.17) is 0 Å². The predicted octanol–water partition coefficient (Wildman–Crippen LogP) is 1.98. The number of nitrogens with zero attached hydrogens (tertiary/aromatic N) is 2. The fourth-order valence-corrected chi connectivity index (χ4v) is 1.65. The van der Waals surface area contributed by atoms with Gasteiger partial charge in [0.25, 0.3) is 5.91 Å². The molecule has 0 unspecified atom stereocenters. The number of rotatable bonds is 5. The standard InChI is InChI=1S/C13H13F2N3O/c14-10-2-3-12(15)11(8-10)13(19)17-4-1-6-18-7-5-16-9-18/h2-3,5,7-9H,1,4,6H2,(H,17,19). The lowest BCUT2D eigenvalue weighted by Gasteiger charge is -2.06. The van der Waals surface area contributed by atoms with Crippen LogP contribution in [0.4, 0.5) is 8.78 Å². The summed E-state index contributed by atoms with van der Waals surface area (Å²) in [4.78, 5) is 15.5. The normalized spacial score (nSPS) is 10.4. The average molecular weight is 265 g/mol. The Labute approximate surface area is 109 Å². The molecule has 1 amide bonds. The SMILES string of the molecule is O=C(NCCCn1ccnc1)c1cc(F)ccc1F. The van der Waals surface area contributed by atoms with E-state index in [1.165, 1.54) is 0 Å². The summed E-state index contributed by atoms with van der Waals surface area (Å²) < 4.78 is 28.1. The van der Waals surface area contributed by atoms with Crippen molar-refractivity contribution in [1.82, 2.24) is 14.9 Å². The van der Waals surface area contributed by atoms with Crippen molar-refractivity contribution in [1.29, 1.82) is 0 Å². The van der Waals surface area contributed by atoms with E-state index in [2.05, 4.69) is 10.3 Å². The zero-order chi connectivity index (χ0) is 13.7. The first-order valence-corrected chi connectivity index (χ1v) is 5.86. The van der Waals surface area contributed by atoms with E-state index in [0.717, 1.165) is 18.2 Å². The first kappa shape index (κ1) is 13.2. The highest BCUT2D eigenvalue weighted by atomic mass is 19.1. The van der Waals surface area contributed by atoms with Gasteiger partial charge < -0.3 is 9.88 Å². The van der Waals surface area contributed by atoms with Gasteiger partial charge in [0.05, 0.1) is 11.9 Å². The van der Waals surface area contributed by atoms with Crippen molar-refractivity contribution in [2.24, 2.45) is 0 Å². The van der Waals surface area contributed by atoms with Crippen molar-refractivity contribution in [2.75, 3.05) is 6.54 Å². The third-order valence-corrected chi connectivity index (χ3v) is 2.61. The molecule has 0 fully saturated rings. The molecule has 0 radical (unpaired) electrons. The highest BCUT2D eigenvalue weighted by molar-refractivity contribution is 5.94. The third-order valence-electron chi connectivity index (χ3n) is 2.61. The lowest BCUT2D eigenvalue weighted by atomic mass is 10.2. The Bertz CT molecular complexity index is 555. The molecule has 0 bridgehead atoms. The molecule has 100 valence electrons. The lowest BCUT2D eigenvalue weighted by molar-refractivity contribution is 0.0948. The molecule has 0 atom stereocenters. The van der Waals surface area contributed by atoms with Crippen LogP contribution in [-0.2, 0) is 6.54 Å². The number of imidazole rings is 1. The first-order chi connectivity index (χ1) is 9.16. The minimum absolute atomic E-state index is 0.275. The summed E-state index contributed by atoms with van der Waals surface area (Å²) in [6, 6.07) is 2.81. The minimum Gasteiger partial charge on any atom is -0.352 e. The number of hydrogen-bond donors (Lipinski definition) is 1. The molecule has 0 spiro atoms. The molecule has 2 aromatic rings. The van der Waals surface area contributed by atoms with Crippen LogP contribution in [0, 0.1) is 11.6 Å². The Kier molecular flexibility index (Phi) is 4.22. The number of hydrogen-bond acceptors (Lipinski definition) is 2. The second-order valence-corrected chi connectivity index (χ2v) is 4.03. The largest absolute Gasteiger partial charge is 0.352 e. The molecule has 19 heavy (non-hydrogen) atoms. The Morgan fingerprint density at radius 3 is 2.95 bits per heavy atom. The molecule has 4 nitrogen and oxygen atoms in total. The van der Waals surface area contributed by atoms with Crippen molar-refractivity contribution >= 4 is 5.91 Å². The quantitative estimate of drug-likeness (QED) is 0.840. The van der Waals surface area contributed by atoms with E-state index in [9.17, 15) is 13.6 Å². The number of carbonyl (C=O) groups excluding carboxylic acids is 1. The van der Waals surface area contributed by atoms with Gasteiger partial charge in [-0.15, -0.1) is 0 Å². The van der Waals surface area contributed by atoms with Gasteiger partial charge >= 0.3 is 0 Å². The molecule has 1 N–H and O–H groups in total. The monoisotopic (exact) mass is 265 g/mol. The Morgan fingerprint density at radius 2 is 2.21 bits per heavy atom. The van der Waals surface area contributed by atoms with Gasteiger partial charge in [-0.1, -0.05) is 0 Å². The van der Waals surface area contributed by atoms with Crippen molar-refractivity contribution in [3.8, 4) is 0 Å². The summed E-state index contributed by atoms with van der Waals surface area (Å²) in [6.45, 7) is 1.08. The summed E-state index contributed by atoms with van der Waals surface area (Å²) >= 11 is 0. The van der Waals surface area contributed by atoms with Gasteiger partial charge in [0.2, 0.25) is 0 Å². The van der Waals surface area contributed by atoms with E-state index < -0.39 is 17.5 Å². The van der Waals surface area contributed by atoms with E-state index in [1.54, 1.807) is 12.5 Å². The maximum absolute atomic E-state index is 13.3. The van der Waals surface area contributed by atoms with Gasteiger partial charge in [-0.25, -0.2) is 13.8 Å². The van der Waals surface area contributed by atoms with Crippen molar-refractivity contribution < 1.29 is 13.6 Å². The lowest BCUT2D eigenvalue weighted by Crippen LogP contribution is -2.26. The second kappa shape index (κ2) is 6.08. The number of halogens is 2. The number of amides is 1. The smallest absolute Gasteiger partial charge is 0.254 e. The number of aryl methyl sites for hydroxylation is 1.